The normalized spacial score (nSPS) is 20.0. The average molecular weight is 621 g/mol. The summed E-state index contributed by atoms with van der Waals surface area (Å²) in [5.74, 6) is 0.466. The highest BCUT2D eigenvalue weighted by molar-refractivity contribution is 5.97. The lowest BCUT2D eigenvalue weighted by Crippen LogP contribution is -2.55. The summed E-state index contributed by atoms with van der Waals surface area (Å²) in [4.78, 5) is 57.4. The molecule has 2 atom stereocenters. The van der Waals surface area contributed by atoms with Crippen LogP contribution in [0.2, 0.25) is 0 Å². The van der Waals surface area contributed by atoms with Gasteiger partial charge in [0.25, 0.3) is 0 Å². The van der Waals surface area contributed by atoms with Gasteiger partial charge in [0.05, 0.1) is 0 Å². The molecule has 2 aromatic rings. The minimum absolute atomic E-state index is 0.0790. The third kappa shape index (κ3) is 9.80. The van der Waals surface area contributed by atoms with Crippen molar-refractivity contribution >= 4 is 29.3 Å². The first-order valence-corrected chi connectivity index (χ1v) is 16.4. The monoisotopic (exact) mass is 620 g/mol. The van der Waals surface area contributed by atoms with Gasteiger partial charge in [-0.25, -0.2) is 0 Å². The zero-order chi connectivity index (χ0) is 33.3. The number of hydrogen-bond donors (Lipinski definition) is 2. The van der Waals surface area contributed by atoms with E-state index in [9.17, 15) is 19.2 Å². The van der Waals surface area contributed by atoms with Gasteiger partial charge in [0.2, 0.25) is 23.6 Å². The Hall–Kier alpha value is -3.88. The summed E-state index contributed by atoms with van der Waals surface area (Å²) in [6.07, 6.45) is 2.12. The van der Waals surface area contributed by atoms with Crippen molar-refractivity contribution in [2.45, 2.75) is 112 Å². The molecular formula is C36H52N4O5. The summed E-state index contributed by atoms with van der Waals surface area (Å²) in [5, 5.41) is 6.04. The Labute approximate surface area is 269 Å². The van der Waals surface area contributed by atoms with Crippen molar-refractivity contribution in [2.75, 3.05) is 11.9 Å². The van der Waals surface area contributed by atoms with Crippen LogP contribution in [0.15, 0.2) is 48.5 Å². The van der Waals surface area contributed by atoms with E-state index >= 15 is 0 Å². The molecule has 0 aliphatic carbocycles. The lowest BCUT2D eigenvalue weighted by atomic mass is 9.98. The number of carbonyl (C=O) groups is 4. The van der Waals surface area contributed by atoms with Gasteiger partial charge >= 0.3 is 0 Å². The molecule has 2 aromatic carbocycles. The highest BCUT2D eigenvalue weighted by Gasteiger charge is 2.35. The lowest BCUT2D eigenvalue weighted by molar-refractivity contribution is -0.144. The largest absolute Gasteiger partial charge is 0.457 e. The van der Waals surface area contributed by atoms with Crippen LogP contribution in [0, 0.1) is 11.8 Å². The number of anilines is 1. The number of nitrogens with zero attached hydrogens (tertiary/aromatic N) is 2. The molecule has 9 nitrogen and oxygen atoms in total. The van der Waals surface area contributed by atoms with Crippen LogP contribution in [-0.2, 0) is 25.6 Å². The molecule has 2 N–H and O–H groups in total. The Bertz CT molecular complexity index is 1290. The molecule has 2 unspecified atom stereocenters. The van der Waals surface area contributed by atoms with Crippen molar-refractivity contribution < 1.29 is 23.9 Å². The molecule has 3 heterocycles. The molecule has 0 fully saturated rings. The van der Waals surface area contributed by atoms with Crippen molar-refractivity contribution in [3.8, 4) is 11.5 Å². The molecule has 9 heteroatoms. The minimum atomic E-state index is -0.662. The van der Waals surface area contributed by atoms with Gasteiger partial charge in [-0.1, -0.05) is 39.8 Å². The van der Waals surface area contributed by atoms with E-state index in [1.165, 1.54) is 0 Å². The lowest BCUT2D eigenvalue weighted by Gasteiger charge is -2.37. The van der Waals surface area contributed by atoms with E-state index in [2.05, 4.69) is 10.6 Å². The Morgan fingerprint density at radius 3 is 1.51 bits per heavy atom. The number of amides is 4. The van der Waals surface area contributed by atoms with Crippen molar-refractivity contribution in [1.82, 2.24) is 15.1 Å². The quantitative estimate of drug-likeness (QED) is 0.425. The topological polar surface area (TPSA) is 108 Å². The van der Waals surface area contributed by atoms with Gasteiger partial charge in [0, 0.05) is 37.2 Å². The number of benzene rings is 2. The molecule has 4 amide bonds. The van der Waals surface area contributed by atoms with Crippen molar-refractivity contribution in [3.05, 3.63) is 54.1 Å². The third-order valence-corrected chi connectivity index (χ3v) is 8.11. The fraction of sp³-hybridized carbons (Fsp3) is 0.556. The van der Waals surface area contributed by atoms with Gasteiger partial charge in [-0.05, 0) is 101 Å². The molecule has 45 heavy (non-hydrogen) atoms. The van der Waals surface area contributed by atoms with Crippen molar-refractivity contribution in [3.63, 3.8) is 0 Å². The fourth-order valence-corrected chi connectivity index (χ4v) is 5.96. The maximum absolute atomic E-state index is 13.6. The Morgan fingerprint density at radius 1 is 0.622 bits per heavy atom. The molecule has 3 aliphatic rings. The highest BCUT2D eigenvalue weighted by atomic mass is 16.5. The maximum Gasteiger partial charge on any atom is 0.247 e. The molecule has 0 saturated heterocycles. The van der Waals surface area contributed by atoms with E-state index in [-0.39, 0.29) is 60.4 Å². The van der Waals surface area contributed by atoms with E-state index < -0.39 is 12.1 Å². The second-order valence-electron chi connectivity index (χ2n) is 13.2. The van der Waals surface area contributed by atoms with Gasteiger partial charge in [-0.3, -0.25) is 19.2 Å². The van der Waals surface area contributed by atoms with Crippen LogP contribution in [0.4, 0.5) is 5.69 Å². The number of nitrogens with one attached hydrogen (secondary N) is 2. The molecule has 5 rings (SSSR count). The molecule has 246 valence electrons. The van der Waals surface area contributed by atoms with Crippen molar-refractivity contribution in [2.24, 2.45) is 11.8 Å². The fourth-order valence-electron chi connectivity index (χ4n) is 5.96. The van der Waals surface area contributed by atoms with Crippen molar-refractivity contribution in [1.29, 1.82) is 0 Å². The molecule has 0 spiro atoms. The summed E-state index contributed by atoms with van der Waals surface area (Å²) in [5.41, 5.74) is 1.67. The molecule has 0 radical (unpaired) electrons. The van der Waals surface area contributed by atoms with Gasteiger partial charge in [0.1, 0.15) is 23.6 Å². The van der Waals surface area contributed by atoms with E-state index in [1.54, 1.807) is 34.1 Å². The summed E-state index contributed by atoms with van der Waals surface area (Å²) in [6, 6.07) is 13.2. The number of fused-ring (bicyclic) bond motifs is 2. The van der Waals surface area contributed by atoms with Gasteiger partial charge in [0.15, 0.2) is 0 Å². The number of rotatable bonds is 4. The zero-order valence-corrected chi connectivity index (χ0v) is 28.3. The molecule has 4 bridgehead atoms. The van der Waals surface area contributed by atoms with Crippen LogP contribution in [0.1, 0.15) is 86.6 Å². The summed E-state index contributed by atoms with van der Waals surface area (Å²) in [6.45, 7) is 15.9. The SMILES string of the molecule is CC(C)C1C(=O)NCCc2ccc(cc2)Oc2ccc(cc2)NC(=O)C(C(C)C)N(C(C)C)C(=O)CCCCC(=O)N1C(C)C. The molecule has 0 saturated carbocycles. The highest BCUT2D eigenvalue weighted by Crippen LogP contribution is 2.25. The summed E-state index contributed by atoms with van der Waals surface area (Å²) < 4.78 is 6.01. The average Bonchev–Trinajstić information content (AvgIpc) is 2.96. The zero-order valence-electron chi connectivity index (χ0n) is 28.3. The minimum Gasteiger partial charge on any atom is -0.457 e. The Morgan fingerprint density at radius 2 is 1.07 bits per heavy atom. The summed E-state index contributed by atoms with van der Waals surface area (Å²) in [7, 11) is 0. The van der Waals surface area contributed by atoms with Gasteiger partial charge in [-0.15, -0.1) is 0 Å². The van der Waals surface area contributed by atoms with Crippen LogP contribution < -0.4 is 15.4 Å². The maximum atomic E-state index is 13.6. The second-order valence-corrected chi connectivity index (χ2v) is 13.2. The predicted octanol–water partition coefficient (Wildman–Crippen LogP) is 6.17. The Kier molecular flexibility index (Phi) is 13.0. The molecule has 3 aliphatic heterocycles. The van der Waals surface area contributed by atoms with Gasteiger partial charge in [-0.2, -0.15) is 0 Å². The third-order valence-electron chi connectivity index (χ3n) is 8.11. The van der Waals surface area contributed by atoms with E-state index in [4.69, 9.17) is 4.74 Å². The van der Waals surface area contributed by atoms with E-state index in [0.29, 0.717) is 43.0 Å². The number of hydrogen-bond acceptors (Lipinski definition) is 5. The van der Waals surface area contributed by atoms with Crippen LogP contribution in [0.25, 0.3) is 0 Å². The first kappa shape index (κ1) is 35.6. The Balaban J connectivity index is 1.90. The first-order chi connectivity index (χ1) is 21.3. The second kappa shape index (κ2) is 16.4. The molecular weight excluding hydrogens is 568 g/mol. The van der Waals surface area contributed by atoms with Crippen LogP contribution in [0.5, 0.6) is 11.5 Å². The van der Waals surface area contributed by atoms with Crippen LogP contribution in [-0.4, -0.2) is 64.1 Å². The van der Waals surface area contributed by atoms with Crippen LogP contribution in [0.3, 0.4) is 0 Å². The van der Waals surface area contributed by atoms with E-state index in [1.807, 2.05) is 79.7 Å². The number of ether oxygens (including phenoxy) is 1. The number of carbonyl (C=O) groups excluding carboxylic acids is 4. The standard InChI is InChI=1S/C36H52N4O5/c1-23(2)33-35(43)37-22-21-27-13-17-29(18-14-27)45-30-19-15-28(16-20-30)38-36(44)34(24(3)4)40(26(7)8)32(42)12-10-9-11-31(41)39(33)25(5)6/h13-20,23-26,33-34H,9-12,21-22H2,1-8H3,(H,37,43)(H,38,44). The summed E-state index contributed by atoms with van der Waals surface area (Å²) >= 11 is 0. The van der Waals surface area contributed by atoms with Crippen LogP contribution >= 0.6 is 0 Å². The smallest absolute Gasteiger partial charge is 0.247 e. The molecule has 0 aromatic heterocycles. The first-order valence-electron chi connectivity index (χ1n) is 16.4. The predicted molar refractivity (Wildman–Crippen MR) is 178 cm³/mol. The van der Waals surface area contributed by atoms with E-state index in [0.717, 1.165) is 5.56 Å². The van der Waals surface area contributed by atoms with Gasteiger partial charge < -0.3 is 25.2 Å².